The number of hydrogen-bond donors (Lipinski definition) is 0. The van der Waals surface area contributed by atoms with Crippen LogP contribution < -0.4 is 0 Å². The predicted molar refractivity (Wildman–Crippen MR) is 101 cm³/mol. The van der Waals surface area contributed by atoms with Crippen LogP contribution in [0.3, 0.4) is 0 Å². The SMILES string of the molecule is C=C(C)[C@@H]1Cc2oc(cc2C=O)[C@@H]2O[C@@]2(C)C[C@H]2OC(=O)[C@@]3(O[C@H]23)[C@@H](OC(C)=O)C1. The Labute approximate surface area is 173 Å². The van der Waals surface area contributed by atoms with Crippen molar-refractivity contribution in [1.29, 1.82) is 0 Å². The van der Waals surface area contributed by atoms with Gasteiger partial charge in [-0.15, -0.1) is 0 Å². The Bertz CT molecular complexity index is 962. The lowest BCUT2D eigenvalue weighted by molar-refractivity contribution is -0.165. The van der Waals surface area contributed by atoms with Crippen molar-refractivity contribution in [2.24, 2.45) is 5.92 Å². The molecule has 4 aliphatic rings. The van der Waals surface area contributed by atoms with Crippen molar-refractivity contribution in [3.05, 3.63) is 35.3 Å². The zero-order valence-electron chi connectivity index (χ0n) is 17.1. The largest absolute Gasteiger partial charge is 0.462 e. The maximum absolute atomic E-state index is 12.8. The van der Waals surface area contributed by atoms with Gasteiger partial charge in [0.2, 0.25) is 5.60 Å². The van der Waals surface area contributed by atoms with Gasteiger partial charge in [0.25, 0.3) is 0 Å². The Kier molecular flexibility index (Phi) is 4.08. The molecule has 3 saturated heterocycles. The molecule has 5 rings (SSSR count). The number of fused-ring (bicyclic) bond motifs is 4. The van der Waals surface area contributed by atoms with E-state index in [-0.39, 0.29) is 12.0 Å². The van der Waals surface area contributed by atoms with Crippen LogP contribution in [0.1, 0.15) is 61.6 Å². The number of carbonyl (C=O) groups is 3. The van der Waals surface area contributed by atoms with Gasteiger partial charge in [-0.2, -0.15) is 0 Å². The van der Waals surface area contributed by atoms with Crippen molar-refractivity contribution in [3.63, 3.8) is 0 Å². The van der Waals surface area contributed by atoms with Crippen molar-refractivity contribution in [2.45, 2.75) is 75.7 Å². The Morgan fingerprint density at radius 2 is 2.10 bits per heavy atom. The topological polar surface area (TPSA) is 108 Å². The third kappa shape index (κ3) is 2.77. The van der Waals surface area contributed by atoms with E-state index in [0.717, 1.165) is 11.9 Å². The summed E-state index contributed by atoms with van der Waals surface area (Å²) < 4.78 is 29.0. The standard InChI is InChI=1S/C22H24O8/c1-10(2)12-5-14-13(9-23)6-15(27-14)18-21(4,29-18)8-16-19-22(30-19,20(25)28-16)17(7-12)26-11(3)24/h6,9,12,16-19H,1,5,7-8H2,2-4H3/t12-,16-,17+,18+,19-,21+,22-/m1/s1. The van der Waals surface area contributed by atoms with Gasteiger partial charge in [-0.05, 0) is 32.3 Å². The van der Waals surface area contributed by atoms with Crippen LogP contribution in [0.5, 0.6) is 0 Å². The van der Waals surface area contributed by atoms with Crippen LogP contribution in [0.25, 0.3) is 0 Å². The Balaban J connectivity index is 1.57. The molecule has 0 unspecified atom stereocenters. The van der Waals surface area contributed by atoms with Crippen LogP contribution in [0.2, 0.25) is 0 Å². The van der Waals surface area contributed by atoms with E-state index >= 15 is 0 Å². The van der Waals surface area contributed by atoms with Gasteiger partial charge in [0.05, 0.1) is 5.56 Å². The molecule has 0 aromatic carbocycles. The van der Waals surface area contributed by atoms with Crippen LogP contribution in [0.4, 0.5) is 0 Å². The van der Waals surface area contributed by atoms with Gasteiger partial charge >= 0.3 is 11.9 Å². The summed E-state index contributed by atoms with van der Waals surface area (Å²) in [4.78, 5) is 36.3. The van der Waals surface area contributed by atoms with Crippen molar-refractivity contribution >= 4 is 18.2 Å². The summed E-state index contributed by atoms with van der Waals surface area (Å²) in [7, 11) is 0. The highest BCUT2D eigenvalue weighted by Crippen LogP contribution is 2.59. The van der Waals surface area contributed by atoms with E-state index in [1.54, 1.807) is 6.07 Å². The summed E-state index contributed by atoms with van der Waals surface area (Å²) in [6.45, 7) is 9.13. The second-order valence-corrected chi connectivity index (χ2v) is 9.02. The Morgan fingerprint density at radius 3 is 2.73 bits per heavy atom. The molecule has 30 heavy (non-hydrogen) atoms. The lowest BCUT2D eigenvalue weighted by atomic mass is 9.83. The first-order chi connectivity index (χ1) is 14.2. The van der Waals surface area contributed by atoms with Crippen molar-refractivity contribution in [2.75, 3.05) is 0 Å². The van der Waals surface area contributed by atoms with Crippen LogP contribution in [0.15, 0.2) is 22.6 Å². The van der Waals surface area contributed by atoms with Crippen LogP contribution in [-0.4, -0.2) is 47.7 Å². The molecule has 5 heterocycles. The normalized spacial score (nSPS) is 41.2. The zero-order valence-corrected chi connectivity index (χ0v) is 17.1. The lowest BCUT2D eigenvalue weighted by Crippen LogP contribution is -2.42. The van der Waals surface area contributed by atoms with Crippen molar-refractivity contribution < 1.29 is 37.7 Å². The number of carbonyl (C=O) groups excluding carboxylic acids is 3. The van der Waals surface area contributed by atoms with Crippen LogP contribution >= 0.6 is 0 Å². The molecule has 7 atom stereocenters. The molecule has 0 saturated carbocycles. The Morgan fingerprint density at radius 1 is 1.33 bits per heavy atom. The summed E-state index contributed by atoms with van der Waals surface area (Å²) in [5.41, 5.74) is -0.606. The molecule has 160 valence electrons. The van der Waals surface area contributed by atoms with Gasteiger partial charge in [-0.3, -0.25) is 9.59 Å². The molecular weight excluding hydrogens is 392 g/mol. The molecule has 1 aromatic rings. The highest BCUT2D eigenvalue weighted by molar-refractivity contribution is 5.88. The molecule has 0 aliphatic carbocycles. The molecule has 0 N–H and O–H groups in total. The number of epoxide rings is 2. The summed E-state index contributed by atoms with van der Waals surface area (Å²) in [6.07, 6.45) is -0.277. The monoisotopic (exact) mass is 416 g/mol. The van der Waals surface area contributed by atoms with Gasteiger partial charge in [0, 0.05) is 19.8 Å². The zero-order chi connectivity index (χ0) is 21.4. The average Bonchev–Trinajstić information content (AvgIpc) is 3.49. The number of hydrogen-bond acceptors (Lipinski definition) is 8. The first kappa shape index (κ1) is 19.5. The highest BCUT2D eigenvalue weighted by Gasteiger charge is 2.79. The van der Waals surface area contributed by atoms with Gasteiger partial charge in [0.1, 0.15) is 41.5 Å². The van der Waals surface area contributed by atoms with Gasteiger partial charge in [0.15, 0.2) is 6.29 Å². The van der Waals surface area contributed by atoms with Gasteiger partial charge in [-0.25, -0.2) is 4.79 Å². The molecular formula is C22H24O8. The van der Waals surface area contributed by atoms with E-state index in [2.05, 4.69) is 6.58 Å². The molecule has 0 amide bonds. The molecule has 8 nitrogen and oxygen atoms in total. The molecule has 1 aromatic heterocycles. The summed E-state index contributed by atoms with van der Waals surface area (Å²) >= 11 is 0. The third-order valence-corrected chi connectivity index (χ3v) is 6.75. The minimum absolute atomic E-state index is 0.203. The maximum atomic E-state index is 12.8. The Hall–Kier alpha value is -2.45. The minimum Gasteiger partial charge on any atom is -0.462 e. The molecule has 4 bridgehead atoms. The van der Waals surface area contributed by atoms with E-state index in [1.807, 2.05) is 13.8 Å². The number of allylic oxidation sites excluding steroid dienone is 1. The number of aldehydes is 1. The first-order valence-electron chi connectivity index (χ1n) is 10.1. The number of esters is 2. The fourth-order valence-electron chi connectivity index (χ4n) is 4.98. The van der Waals surface area contributed by atoms with Crippen molar-refractivity contribution in [1.82, 2.24) is 0 Å². The number of rotatable bonds is 3. The smallest absolute Gasteiger partial charge is 0.345 e. The predicted octanol–water partition coefficient (Wildman–Crippen LogP) is 2.45. The first-order valence-corrected chi connectivity index (χ1v) is 10.1. The minimum atomic E-state index is -1.29. The van der Waals surface area contributed by atoms with E-state index in [0.29, 0.717) is 36.3 Å². The summed E-state index contributed by atoms with van der Waals surface area (Å²) in [5.74, 6) is -0.0990. The van der Waals surface area contributed by atoms with Crippen molar-refractivity contribution in [3.8, 4) is 0 Å². The molecule has 8 heteroatoms. The van der Waals surface area contributed by atoms with Crippen LogP contribution in [0, 0.1) is 5.92 Å². The fourth-order valence-corrected chi connectivity index (χ4v) is 4.98. The quantitative estimate of drug-likeness (QED) is 0.320. The van der Waals surface area contributed by atoms with Gasteiger partial charge in [-0.1, -0.05) is 12.2 Å². The lowest BCUT2D eigenvalue weighted by Gasteiger charge is -2.26. The van der Waals surface area contributed by atoms with E-state index in [9.17, 15) is 14.4 Å². The molecule has 4 aliphatic heterocycles. The maximum Gasteiger partial charge on any atom is 0.345 e. The van der Waals surface area contributed by atoms with Gasteiger partial charge < -0.3 is 23.4 Å². The van der Waals surface area contributed by atoms with E-state index in [4.69, 9.17) is 23.4 Å². The molecule has 0 spiro atoms. The molecule has 3 fully saturated rings. The second kappa shape index (κ2) is 6.28. The van der Waals surface area contributed by atoms with E-state index in [1.165, 1.54) is 6.92 Å². The molecule has 0 radical (unpaired) electrons. The third-order valence-electron chi connectivity index (χ3n) is 6.75. The number of ether oxygens (including phenoxy) is 4. The average molecular weight is 416 g/mol. The summed E-state index contributed by atoms with van der Waals surface area (Å²) in [5, 5.41) is 0. The number of furan rings is 1. The second-order valence-electron chi connectivity index (χ2n) is 9.02. The highest BCUT2D eigenvalue weighted by atomic mass is 16.7. The van der Waals surface area contributed by atoms with Crippen LogP contribution in [-0.2, 0) is 35.0 Å². The van der Waals surface area contributed by atoms with E-state index < -0.39 is 41.5 Å². The summed E-state index contributed by atoms with van der Waals surface area (Å²) in [6, 6.07) is 1.71. The fraction of sp³-hybridized carbons (Fsp3) is 0.591.